The molecule has 2 unspecified atom stereocenters. The lowest BCUT2D eigenvalue weighted by atomic mass is 9.99. The van der Waals surface area contributed by atoms with E-state index in [2.05, 4.69) is 6.92 Å². The van der Waals surface area contributed by atoms with Crippen LogP contribution in [-0.4, -0.2) is 18.5 Å². The first-order valence-electron chi connectivity index (χ1n) is 3.63. The molecule has 2 rings (SSSR count). The molecule has 0 radical (unpaired) electrons. The largest absolute Gasteiger partial charge is 0.350 e. The Morgan fingerprint density at radius 1 is 1.56 bits per heavy atom. The summed E-state index contributed by atoms with van der Waals surface area (Å²) in [6.45, 7) is 2.99. The first-order valence-corrected chi connectivity index (χ1v) is 3.63. The highest BCUT2D eigenvalue weighted by atomic mass is 16.7. The van der Waals surface area contributed by atoms with E-state index in [-0.39, 0.29) is 5.79 Å². The molecule has 2 atom stereocenters. The van der Waals surface area contributed by atoms with Gasteiger partial charge in [-0.05, 0) is 13.3 Å². The van der Waals surface area contributed by atoms with Gasteiger partial charge in [-0.25, -0.2) is 0 Å². The summed E-state index contributed by atoms with van der Waals surface area (Å²) in [4.78, 5) is 0. The molecule has 0 aromatic heterocycles. The van der Waals surface area contributed by atoms with E-state index in [1.165, 1.54) is 6.42 Å². The standard InChI is InChI=1S/C7H12O2/c1-6-5-7(9-6)3-2-4-8-7/h6H,2-5H2,1H3. The van der Waals surface area contributed by atoms with Crippen molar-refractivity contribution in [3.8, 4) is 0 Å². The predicted octanol–water partition coefficient (Wildman–Crippen LogP) is 1.30. The predicted molar refractivity (Wildman–Crippen MR) is 33.1 cm³/mol. The van der Waals surface area contributed by atoms with Crippen molar-refractivity contribution in [2.45, 2.75) is 38.1 Å². The molecule has 52 valence electrons. The minimum Gasteiger partial charge on any atom is -0.350 e. The quantitative estimate of drug-likeness (QED) is 0.489. The van der Waals surface area contributed by atoms with Crippen molar-refractivity contribution >= 4 is 0 Å². The molecule has 0 bridgehead atoms. The molecule has 2 saturated heterocycles. The van der Waals surface area contributed by atoms with E-state index >= 15 is 0 Å². The van der Waals surface area contributed by atoms with E-state index in [9.17, 15) is 0 Å². The molecule has 0 amide bonds. The van der Waals surface area contributed by atoms with Crippen LogP contribution >= 0.6 is 0 Å². The van der Waals surface area contributed by atoms with Gasteiger partial charge in [-0.1, -0.05) is 0 Å². The molecule has 2 aliphatic heterocycles. The van der Waals surface area contributed by atoms with E-state index in [1.54, 1.807) is 0 Å². The molecule has 9 heavy (non-hydrogen) atoms. The zero-order valence-corrected chi connectivity index (χ0v) is 5.72. The minimum atomic E-state index is -0.112. The maximum atomic E-state index is 5.47. The Morgan fingerprint density at radius 3 is 2.78 bits per heavy atom. The van der Waals surface area contributed by atoms with E-state index in [0.29, 0.717) is 6.10 Å². The van der Waals surface area contributed by atoms with Crippen LogP contribution in [0, 0.1) is 0 Å². The second-order valence-electron chi connectivity index (χ2n) is 3.00. The molecule has 0 N–H and O–H groups in total. The summed E-state index contributed by atoms with van der Waals surface area (Å²) in [6.07, 6.45) is 3.82. The summed E-state index contributed by atoms with van der Waals surface area (Å²) in [6, 6.07) is 0. The van der Waals surface area contributed by atoms with E-state index in [1.807, 2.05) is 0 Å². The average Bonchev–Trinajstić information content (AvgIpc) is 2.12. The number of hydrogen-bond acceptors (Lipinski definition) is 2. The normalized spacial score (nSPS) is 49.7. The summed E-state index contributed by atoms with van der Waals surface area (Å²) in [5, 5.41) is 0. The maximum Gasteiger partial charge on any atom is 0.171 e. The van der Waals surface area contributed by atoms with Crippen LogP contribution in [0.1, 0.15) is 26.2 Å². The second kappa shape index (κ2) is 1.70. The molecule has 2 aliphatic rings. The Balaban J connectivity index is 1.95. The number of hydrogen-bond donors (Lipinski definition) is 0. The molecule has 1 spiro atoms. The van der Waals surface area contributed by atoms with Crippen LogP contribution in [0.3, 0.4) is 0 Å². The number of rotatable bonds is 0. The van der Waals surface area contributed by atoms with Crippen LogP contribution in [0.25, 0.3) is 0 Å². The maximum absolute atomic E-state index is 5.47. The Labute approximate surface area is 55.1 Å². The Hall–Kier alpha value is -0.0800. The van der Waals surface area contributed by atoms with Crippen molar-refractivity contribution < 1.29 is 9.47 Å². The SMILES string of the molecule is CC1CC2(CCCO2)O1. The third kappa shape index (κ3) is 0.775. The van der Waals surface area contributed by atoms with E-state index in [0.717, 1.165) is 19.4 Å². The smallest absolute Gasteiger partial charge is 0.171 e. The van der Waals surface area contributed by atoms with Crippen LogP contribution in [0.15, 0.2) is 0 Å². The van der Waals surface area contributed by atoms with Gasteiger partial charge in [0.05, 0.1) is 12.7 Å². The second-order valence-corrected chi connectivity index (χ2v) is 3.00. The fraction of sp³-hybridized carbons (Fsp3) is 1.00. The highest BCUT2D eigenvalue weighted by Crippen LogP contribution is 2.41. The lowest BCUT2D eigenvalue weighted by Gasteiger charge is -2.42. The Morgan fingerprint density at radius 2 is 2.33 bits per heavy atom. The lowest BCUT2D eigenvalue weighted by molar-refractivity contribution is -0.317. The number of ether oxygens (including phenoxy) is 2. The van der Waals surface area contributed by atoms with Crippen molar-refractivity contribution in [2.75, 3.05) is 6.61 Å². The van der Waals surface area contributed by atoms with E-state index in [4.69, 9.17) is 9.47 Å². The molecule has 2 heteroatoms. The van der Waals surface area contributed by atoms with Gasteiger partial charge in [0.2, 0.25) is 0 Å². The third-order valence-electron chi connectivity index (χ3n) is 2.08. The first kappa shape index (κ1) is 5.69. The molecule has 2 fully saturated rings. The van der Waals surface area contributed by atoms with Crippen LogP contribution in [0.2, 0.25) is 0 Å². The van der Waals surface area contributed by atoms with Crippen LogP contribution in [0.5, 0.6) is 0 Å². The van der Waals surface area contributed by atoms with Gasteiger partial charge in [-0.3, -0.25) is 0 Å². The van der Waals surface area contributed by atoms with E-state index < -0.39 is 0 Å². The van der Waals surface area contributed by atoms with Crippen molar-refractivity contribution in [2.24, 2.45) is 0 Å². The molecule has 2 nitrogen and oxygen atoms in total. The fourth-order valence-corrected chi connectivity index (χ4v) is 1.72. The van der Waals surface area contributed by atoms with Crippen LogP contribution in [-0.2, 0) is 9.47 Å². The summed E-state index contributed by atoms with van der Waals surface area (Å²) < 4.78 is 10.9. The Kier molecular flexibility index (Phi) is 1.08. The topological polar surface area (TPSA) is 18.5 Å². The Bertz CT molecular complexity index is 108. The molecule has 0 saturated carbocycles. The summed E-state index contributed by atoms with van der Waals surface area (Å²) in [5.41, 5.74) is 0. The van der Waals surface area contributed by atoms with Gasteiger partial charge in [0.25, 0.3) is 0 Å². The summed E-state index contributed by atoms with van der Waals surface area (Å²) in [7, 11) is 0. The highest BCUT2D eigenvalue weighted by molar-refractivity contribution is 4.86. The fourth-order valence-electron chi connectivity index (χ4n) is 1.72. The van der Waals surface area contributed by atoms with Gasteiger partial charge in [0.1, 0.15) is 0 Å². The first-order chi connectivity index (χ1) is 4.31. The highest BCUT2D eigenvalue weighted by Gasteiger charge is 2.46. The molecule has 0 aromatic carbocycles. The molecular formula is C7H12O2. The van der Waals surface area contributed by atoms with Gasteiger partial charge < -0.3 is 9.47 Å². The lowest BCUT2D eigenvalue weighted by Crippen LogP contribution is -2.48. The third-order valence-corrected chi connectivity index (χ3v) is 2.08. The van der Waals surface area contributed by atoms with Gasteiger partial charge in [-0.15, -0.1) is 0 Å². The monoisotopic (exact) mass is 128 g/mol. The van der Waals surface area contributed by atoms with Crippen molar-refractivity contribution in [3.63, 3.8) is 0 Å². The van der Waals surface area contributed by atoms with Crippen molar-refractivity contribution in [1.29, 1.82) is 0 Å². The zero-order chi connectivity index (χ0) is 6.32. The molecular weight excluding hydrogens is 116 g/mol. The minimum absolute atomic E-state index is 0.112. The van der Waals surface area contributed by atoms with Crippen LogP contribution in [0.4, 0.5) is 0 Å². The van der Waals surface area contributed by atoms with Crippen molar-refractivity contribution in [1.82, 2.24) is 0 Å². The van der Waals surface area contributed by atoms with Gasteiger partial charge >= 0.3 is 0 Å². The van der Waals surface area contributed by atoms with Gasteiger partial charge in [0.15, 0.2) is 5.79 Å². The molecule has 0 aromatic rings. The van der Waals surface area contributed by atoms with Gasteiger partial charge in [0, 0.05) is 12.8 Å². The summed E-state index contributed by atoms with van der Waals surface area (Å²) in [5.74, 6) is -0.112. The summed E-state index contributed by atoms with van der Waals surface area (Å²) >= 11 is 0. The zero-order valence-electron chi connectivity index (χ0n) is 5.72. The average molecular weight is 128 g/mol. The van der Waals surface area contributed by atoms with Crippen LogP contribution < -0.4 is 0 Å². The molecule has 0 aliphatic carbocycles. The van der Waals surface area contributed by atoms with Gasteiger partial charge in [-0.2, -0.15) is 0 Å². The molecule has 2 heterocycles. The van der Waals surface area contributed by atoms with Crippen molar-refractivity contribution in [3.05, 3.63) is 0 Å².